The van der Waals surface area contributed by atoms with Crippen LogP contribution in [-0.4, -0.2) is 21.4 Å². The van der Waals surface area contributed by atoms with Crippen molar-refractivity contribution in [1.82, 2.24) is 0 Å². The summed E-state index contributed by atoms with van der Waals surface area (Å²) in [4.78, 5) is 0. The summed E-state index contributed by atoms with van der Waals surface area (Å²) in [6.07, 6.45) is 7.90. The summed E-state index contributed by atoms with van der Waals surface area (Å²) in [6.45, 7) is 2.08. The standard InChI is InChI=1S/C25H32O3/c1-2-20(12-13-25(28)21-10-11-21)22-5-3-4-18(14-22)6-7-19-8-9-23(16-26)24(15-19)17-27/h3-5,8-9,12,14-15,21,25-28H,2,6-7,10-11,13,16-17H2,1H3/b20-12+. The van der Waals surface area contributed by atoms with Gasteiger partial charge in [0, 0.05) is 0 Å². The molecule has 2 aromatic rings. The van der Waals surface area contributed by atoms with Gasteiger partial charge < -0.3 is 15.3 Å². The van der Waals surface area contributed by atoms with Crippen molar-refractivity contribution < 1.29 is 15.3 Å². The van der Waals surface area contributed by atoms with Gasteiger partial charge in [0.1, 0.15) is 0 Å². The Morgan fingerprint density at radius 2 is 1.71 bits per heavy atom. The first kappa shape index (κ1) is 20.8. The second-order valence-electron chi connectivity index (χ2n) is 7.84. The van der Waals surface area contributed by atoms with Crippen LogP contribution in [0.25, 0.3) is 5.57 Å². The van der Waals surface area contributed by atoms with Crippen LogP contribution in [-0.2, 0) is 26.1 Å². The monoisotopic (exact) mass is 380 g/mol. The van der Waals surface area contributed by atoms with Crippen molar-refractivity contribution in [1.29, 1.82) is 0 Å². The van der Waals surface area contributed by atoms with Crippen LogP contribution in [0.1, 0.15) is 60.4 Å². The number of aryl methyl sites for hydroxylation is 2. The van der Waals surface area contributed by atoms with Gasteiger partial charge >= 0.3 is 0 Å². The van der Waals surface area contributed by atoms with Gasteiger partial charge in [-0.15, -0.1) is 0 Å². The van der Waals surface area contributed by atoms with E-state index in [4.69, 9.17) is 0 Å². The maximum absolute atomic E-state index is 10.1. The van der Waals surface area contributed by atoms with E-state index in [0.717, 1.165) is 36.8 Å². The van der Waals surface area contributed by atoms with E-state index in [9.17, 15) is 15.3 Å². The Labute approximate surface area is 168 Å². The molecule has 0 saturated heterocycles. The van der Waals surface area contributed by atoms with Gasteiger partial charge in [0.05, 0.1) is 19.3 Å². The average molecular weight is 381 g/mol. The van der Waals surface area contributed by atoms with Crippen LogP contribution in [0.5, 0.6) is 0 Å². The predicted molar refractivity (Wildman–Crippen MR) is 114 cm³/mol. The van der Waals surface area contributed by atoms with Gasteiger partial charge in [-0.2, -0.15) is 0 Å². The largest absolute Gasteiger partial charge is 0.393 e. The van der Waals surface area contributed by atoms with Crippen molar-refractivity contribution in [3.63, 3.8) is 0 Å². The first-order chi connectivity index (χ1) is 13.6. The summed E-state index contributed by atoms with van der Waals surface area (Å²) < 4.78 is 0. The molecule has 0 heterocycles. The molecule has 1 aliphatic rings. The third kappa shape index (κ3) is 5.54. The second-order valence-corrected chi connectivity index (χ2v) is 7.84. The van der Waals surface area contributed by atoms with Crippen LogP contribution in [0.4, 0.5) is 0 Å². The summed E-state index contributed by atoms with van der Waals surface area (Å²) in [5.74, 6) is 0.515. The SMILES string of the molecule is CC/C(=C\CC(O)C1CC1)c1cccc(CCc2ccc(CO)c(CO)c2)c1. The van der Waals surface area contributed by atoms with E-state index in [1.807, 2.05) is 18.2 Å². The van der Waals surface area contributed by atoms with Gasteiger partial charge in [-0.25, -0.2) is 0 Å². The molecule has 0 radical (unpaired) electrons. The summed E-state index contributed by atoms with van der Waals surface area (Å²) in [6, 6.07) is 14.6. The van der Waals surface area contributed by atoms with Gasteiger partial charge in [-0.05, 0) is 77.8 Å². The van der Waals surface area contributed by atoms with Gasteiger partial charge in [0.2, 0.25) is 0 Å². The molecule has 1 atom stereocenters. The van der Waals surface area contributed by atoms with Gasteiger partial charge in [-0.1, -0.05) is 55.5 Å². The molecule has 3 nitrogen and oxygen atoms in total. The molecular weight excluding hydrogens is 348 g/mol. The Morgan fingerprint density at radius 3 is 2.36 bits per heavy atom. The zero-order valence-corrected chi connectivity index (χ0v) is 16.8. The molecule has 28 heavy (non-hydrogen) atoms. The lowest BCUT2D eigenvalue weighted by molar-refractivity contribution is 0.154. The molecule has 150 valence electrons. The molecule has 3 N–H and O–H groups in total. The topological polar surface area (TPSA) is 60.7 Å². The molecular formula is C25H32O3. The fraction of sp³-hybridized carbons (Fsp3) is 0.440. The lowest BCUT2D eigenvalue weighted by Crippen LogP contribution is -2.07. The average Bonchev–Trinajstić information content (AvgIpc) is 3.58. The normalized spacial score (nSPS) is 15.6. The molecule has 1 aliphatic carbocycles. The van der Waals surface area contributed by atoms with Crippen LogP contribution in [0.15, 0.2) is 48.5 Å². The highest BCUT2D eigenvalue weighted by molar-refractivity contribution is 5.65. The van der Waals surface area contributed by atoms with Crippen molar-refractivity contribution in [2.24, 2.45) is 5.92 Å². The fourth-order valence-corrected chi connectivity index (χ4v) is 3.75. The Bertz CT molecular complexity index is 805. The second kappa shape index (κ2) is 10.0. The summed E-state index contributed by atoms with van der Waals surface area (Å²) in [5.41, 5.74) is 6.60. The molecule has 0 bridgehead atoms. The molecule has 3 rings (SSSR count). The summed E-state index contributed by atoms with van der Waals surface area (Å²) in [5, 5.41) is 29.0. The smallest absolute Gasteiger partial charge is 0.0685 e. The number of rotatable bonds is 10. The van der Waals surface area contributed by atoms with Crippen LogP contribution in [0.3, 0.4) is 0 Å². The Morgan fingerprint density at radius 1 is 1.00 bits per heavy atom. The number of benzene rings is 2. The van der Waals surface area contributed by atoms with E-state index in [-0.39, 0.29) is 19.3 Å². The van der Waals surface area contributed by atoms with Crippen LogP contribution in [0.2, 0.25) is 0 Å². The fourth-order valence-electron chi connectivity index (χ4n) is 3.75. The zero-order valence-electron chi connectivity index (χ0n) is 16.8. The molecule has 1 saturated carbocycles. The van der Waals surface area contributed by atoms with E-state index in [2.05, 4.69) is 37.3 Å². The summed E-state index contributed by atoms with van der Waals surface area (Å²) >= 11 is 0. The minimum atomic E-state index is -0.188. The van der Waals surface area contributed by atoms with E-state index < -0.39 is 0 Å². The Hall–Kier alpha value is -1.94. The number of hydrogen-bond donors (Lipinski definition) is 3. The third-order valence-corrected chi connectivity index (χ3v) is 5.76. The maximum atomic E-state index is 10.1. The number of aliphatic hydroxyl groups excluding tert-OH is 3. The van der Waals surface area contributed by atoms with Crippen LogP contribution in [0, 0.1) is 5.92 Å². The molecule has 0 amide bonds. The highest BCUT2D eigenvalue weighted by Crippen LogP contribution is 2.34. The number of aliphatic hydroxyl groups is 3. The Balaban J connectivity index is 1.66. The minimum absolute atomic E-state index is 0.0419. The first-order valence-electron chi connectivity index (χ1n) is 10.4. The van der Waals surface area contributed by atoms with E-state index in [1.165, 1.54) is 35.1 Å². The van der Waals surface area contributed by atoms with Crippen molar-refractivity contribution in [3.05, 3.63) is 76.4 Å². The van der Waals surface area contributed by atoms with Gasteiger partial charge in [0.15, 0.2) is 0 Å². The predicted octanol–water partition coefficient (Wildman–Crippen LogP) is 4.41. The van der Waals surface area contributed by atoms with Crippen molar-refractivity contribution in [3.8, 4) is 0 Å². The molecule has 1 fully saturated rings. The Kier molecular flexibility index (Phi) is 7.43. The number of allylic oxidation sites excluding steroid dienone is 1. The molecule has 3 heteroatoms. The van der Waals surface area contributed by atoms with Crippen molar-refractivity contribution in [2.75, 3.05) is 0 Å². The van der Waals surface area contributed by atoms with E-state index >= 15 is 0 Å². The number of hydrogen-bond acceptors (Lipinski definition) is 3. The van der Waals surface area contributed by atoms with Crippen molar-refractivity contribution in [2.45, 2.75) is 64.8 Å². The minimum Gasteiger partial charge on any atom is -0.393 e. The molecule has 1 unspecified atom stereocenters. The van der Waals surface area contributed by atoms with E-state index in [0.29, 0.717) is 5.92 Å². The highest BCUT2D eigenvalue weighted by Gasteiger charge is 2.28. The molecule has 0 spiro atoms. The highest BCUT2D eigenvalue weighted by atomic mass is 16.3. The lowest BCUT2D eigenvalue weighted by Gasteiger charge is -2.11. The lowest BCUT2D eigenvalue weighted by atomic mass is 9.95. The molecule has 2 aromatic carbocycles. The zero-order chi connectivity index (χ0) is 19.9. The molecule has 0 aromatic heterocycles. The first-order valence-corrected chi connectivity index (χ1v) is 10.4. The van der Waals surface area contributed by atoms with Gasteiger partial charge in [0.25, 0.3) is 0 Å². The summed E-state index contributed by atoms with van der Waals surface area (Å²) in [7, 11) is 0. The van der Waals surface area contributed by atoms with Crippen molar-refractivity contribution >= 4 is 5.57 Å². The molecule has 0 aliphatic heterocycles. The third-order valence-electron chi connectivity index (χ3n) is 5.76. The van der Waals surface area contributed by atoms with E-state index in [1.54, 1.807) is 0 Å². The van der Waals surface area contributed by atoms with Gasteiger partial charge in [-0.3, -0.25) is 0 Å². The quantitative estimate of drug-likeness (QED) is 0.572. The van der Waals surface area contributed by atoms with Crippen LogP contribution < -0.4 is 0 Å². The van der Waals surface area contributed by atoms with Crippen LogP contribution >= 0.6 is 0 Å². The maximum Gasteiger partial charge on any atom is 0.0685 e.